The van der Waals surface area contributed by atoms with Gasteiger partial charge in [-0.05, 0) is 31.0 Å². The first-order chi connectivity index (χ1) is 16.7. The number of aliphatic hydroxyl groups excluding tert-OH is 2. The molecule has 0 bridgehead atoms. The van der Waals surface area contributed by atoms with Gasteiger partial charge in [-0.15, -0.1) is 0 Å². The first kappa shape index (κ1) is 25.1. The highest BCUT2D eigenvalue weighted by Gasteiger charge is 2.36. The molecule has 2 heterocycles. The summed E-state index contributed by atoms with van der Waals surface area (Å²) >= 11 is 5.83. The Labute approximate surface area is 207 Å². The van der Waals surface area contributed by atoms with E-state index in [1.165, 1.54) is 13.0 Å². The van der Waals surface area contributed by atoms with Crippen molar-refractivity contribution in [2.45, 2.75) is 45.3 Å². The molecule has 4 rings (SSSR count). The second kappa shape index (κ2) is 10.3. The van der Waals surface area contributed by atoms with E-state index in [9.17, 15) is 24.2 Å². The van der Waals surface area contributed by atoms with Crippen LogP contribution in [0.25, 0.3) is 10.9 Å². The molecule has 2 atom stereocenters. The third-order valence-electron chi connectivity index (χ3n) is 6.32. The Morgan fingerprint density at radius 2 is 2.09 bits per heavy atom. The SMILES string of the molecule is C=C1CC(C(O)NCc2cccc(Cl)c2F)N(C(=O)Cn2cc(C(C)=O)c3ccc(CO)cc32)C1. The van der Waals surface area contributed by atoms with Crippen LogP contribution in [0.15, 0.2) is 54.7 Å². The minimum Gasteiger partial charge on any atom is -0.392 e. The molecule has 0 radical (unpaired) electrons. The highest BCUT2D eigenvalue weighted by molar-refractivity contribution is 6.30. The zero-order valence-corrected chi connectivity index (χ0v) is 20.1. The molecule has 7 nitrogen and oxygen atoms in total. The van der Waals surface area contributed by atoms with Gasteiger partial charge in [-0.1, -0.05) is 48.0 Å². The maximum atomic E-state index is 14.2. The summed E-state index contributed by atoms with van der Waals surface area (Å²) in [4.78, 5) is 27.0. The van der Waals surface area contributed by atoms with Gasteiger partial charge in [0.1, 0.15) is 18.6 Å². The number of aromatic nitrogens is 1. The number of fused-ring (bicyclic) bond motifs is 1. The molecule has 3 aromatic rings. The number of amides is 1. The second-order valence-corrected chi connectivity index (χ2v) is 9.23. The number of likely N-dealkylation sites (tertiary alicyclic amines) is 1. The number of rotatable bonds is 8. The van der Waals surface area contributed by atoms with E-state index in [0.29, 0.717) is 34.0 Å². The lowest BCUT2D eigenvalue weighted by atomic mass is 10.1. The van der Waals surface area contributed by atoms with Crippen LogP contribution in [0, 0.1) is 5.82 Å². The molecule has 3 N–H and O–H groups in total. The molecule has 1 saturated heterocycles. The summed E-state index contributed by atoms with van der Waals surface area (Å²) in [5.74, 6) is -0.941. The maximum absolute atomic E-state index is 14.2. The van der Waals surface area contributed by atoms with E-state index >= 15 is 0 Å². The van der Waals surface area contributed by atoms with Gasteiger partial charge >= 0.3 is 0 Å². The van der Waals surface area contributed by atoms with Crippen molar-refractivity contribution in [3.8, 4) is 0 Å². The summed E-state index contributed by atoms with van der Waals surface area (Å²) in [5, 5.41) is 23.9. The van der Waals surface area contributed by atoms with Crippen molar-refractivity contribution < 1.29 is 24.2 Å². The molecule has 0 aliphatic carbocycles. The number of halogens is 2. The summed E-state index contributed by atoms with van der Waals surface area (Å²) in [6.07, 6.45) is 0.923. The average Bonchev–Trinajstić information content (AvgIpc) is 3.40. The smallest absolute Gasteiger partial charge is 0.243 e. The molecule has 1 fully saturated rings. The molecule has 1 aliphatic heterocycles. The number of aliphatic hydroxyl groups is 2. The Morgan fingerprint density at radius 1 is 1.31 bits per heavy atom. The minimum atomic E-state index is -1.12. The highest BCUT2D eigenvalue weighted by Crippen LogP contribution is 2.27. The van der Waals surface area contributed by atoms with Crippen LogP contribution < -0.4 is 5.32 Å². The van der Waals surface area contributed by atoms with E-state index in [-0.39, 0.29) is 43.0 Å². The predicted molar refractivity (Wildman–Crippen MR) is 131 cm³/mol. The van der Waals surface area contributed by atoms with Crippen molar-refractivity contribution in [1.82, 2.24) is 14.8 Å². The number of carbonyl (C=O) groups is 2. The fourth-order valence-corrected chi connectivity index (χ4v) is 4.70. The minimum absolute atomic E-state index is 0.00178. The lowest BCUT2D eigenvalue weighted by Crippen LogP contribution is -2.49. The number of nitrogens with zero attached hydrogens (tertiary/aromatic N) is 2. The van der Waals surface area contributed by atoms with Crippen molar-refractivity contribution in [1.29, 1.82) is 0 Å². The summed E-state index contributed by atoms with van der Waals surface area (Å²) in [6, 6.07) is 9.33. The zero-order chi connectivity index (χ0) is 25.3. The molecular formula is C26H27ClFN3O4. The number of benzene rings is 2. The first-order valence-electron chi connectivity index (χ1n) is 11.2. The van der Waals surface area contributed by atoms with E-state index in [1.54, 1.807) is 46.0 Å². The number of carbonyl (C=O) groups excluding carboxylic acids is 2. The van der Waals surface area contributed by atoms with Crippen molar-refractivity contribution >= 4 is 34.2 Å². The van der Waals surface area contributed by atoms with Gasteiger partial charge in [-0.3, -0.25) is 14.9 Å². The van der Waals surface area contributed by atoms with Crippen LogP contribution in [-0.2, 0) is 24.5 Å². The van der Waals surface area contributed by atoms with Crippen LogP contribution in [0.1, 0.15) is 34.8 Å². The van der Waals surface area contributed by atoms with E-state index < -0.39 is 18.1 Å². The second-order valence-electron chi connectivity index (χ2n) is 8.82. The monoisotopic (exact) mass is 499 g/mol. The largest absolute Gasteiger partial charge is 0.392 e. The molecule has 2 aromatic carbocycles. The fourth-order valence-electron chi connectivity index (χ4n) is 4.50. The van der Waals surface area contributed by atoms with Gasteiger partial charge in [0.25, 0.3) is 0 Å². The predicted octanol–water partition coefficient (Wildman–Crippen LogP) is 3.39. The van der Waals surface area contributed by atoms with Crippen LogP contribution in [-0.4, -0.2) is 50.2 Å². The molecule has 184 valence electrons. The van der Waals surface area contributed by atoms with Gasteiger partial charge in [0.05, 0.1) is 17.7 Å². The normalized spacial score (nSPS) is 16.8. The van der Waals surface area contributed by atoms with Gasteiger partial charge in [0.2, 0.25) is 5.91 Å². The zero-order valence-electron chi connectivity index (χ0n) is 19.3. The molecule has 1 aliphatic rings. The van der Waals surface area contributed by atoms with Gasteiger partial charge in [-0.2, -0.15) is 0 Å². The number of Topliss-reactive ketones (excluding diaryl/α,β-unsaturated/α-hetero) is 1. The topological polar surface area (TPSA) is 94.8 Å². The Balaban J connectivity index is 1.53. The van der Waals surface area contributed by atoms with Gasteiger partial charge in [0, 0.05) is 41.3 Å². The maximum Gasteiger partial charge on any atom is 0.243 e. The lowest BCUT2D eigenvalue weighted by Gasteiger charge is -2.29. The van der Waals surface area contributed by atoms with E-state index in [4.69, 9.17) is 11.6 Å². The van der Waals surface area contributed by atoms with Gasteiger partial charge < -0.3 is 19.7 Å². The third kappa shape index (κ3) is 5.16. The number of hydrogen-bond acceptors (Lipinski definition) is 5. The Kier molecular flexibility index (Phi) is 7.37. The molecule has 1 amide bonds. The van der Waals surface area contributed by atoms with Crippen LogP contribution in [0.3, 0.4) is 0 Å². The molecule has 0 saturated carbocycles. The molecule has 35 heavy (non-hydrogen) atoms. The standard InChI is InChI=1S/C26H27ClFN3O4/c1-15-8-23(26(35)29-10-18-4-3-5-21(27)25(18)28)31(11-15)24(34)13-30-12-20(16(2)33)19-7-6-17(14-32)9-22(19)30/h3-7,9,12,23,26,29,32,35H,1,8,10-11,13-14H2,2H3. The number of hydrogen-bond donors (Lipinski definition) is 3. The first-order valence-corrected chi connectivity index (χ1v) is 11.6. The molecule has 1 aromatic heterocycles. The van der Waals surface area contributed by atoms with Crippen LogP contribution in [0.2, 0.25) is 5.02 Å². The Morgan fingerprint density at radius 3 is 2.80 bits per heavy atom. The lowest BCUT2D eigenvalue weighted by molar-refractivity contribution is -0.135. The van der Waals surface area contributed by atoms with E-state index in [1.807, 2.05) is 0 Å². The number of nitrogens with one attached hydrogen (secondary N) is 1. The summed E-state index contributed by atoms with van der Waals surface area (Å²) in [6.45, 7) is 5.55. The van der Waals surface area contributed by atoms with Crippen LogP contribution >= 0.6 is 11.6 Å². The van der Waals surface area contributed by atoms with E-state index in [0.717, 1.165) is 5.57 Å². The quantitative estimate of drug-likeness (QED) is 0.251. The van der Waals surface area contributed by atoms with Crippen LogP contribution in [0.4, 0.5) is 4.39 Å². The number of ketones is 1. The van der Waals surface area contributed by atoms with Gasteiger partial charge in [0.15, 0.2) is 5.78 Å². The summed E-state index contributed by atoms with van der Waals surface area (Å²) < 4.78 is 15.9. The van der Waals surface area contributed by atoms with Crippen molar-refractivity contribution in [3.63, 3.8) is 0 Å². The molecule has 9 heteroatoms. The fraction of sp³-hybridized carbons (Fsp3) is 0.308. The van der Waals surface area contributed by atoms with Crippen molar-refractivity contribution in [3.05, 3.63) is 82.3 Å². The third-order valence-corrected chi connectivity index (χ3v) is 6.62. The summed E-state index contributed by atoms with van der Waals surface area (Å²) in [7, 11) is 0. The molecule has 2 unspecified atom stereocenters. The van der Waals surface area contributed by atoms with Gasteiger partial charge in [-0.25, -0.2) is 4.39 Å². The molecule has 0 spiro atoms. The average molecular weight is 500 g/mol. The van der Waals surface area contributed by atoms with Crippen molar-refractivity contribution in [2.75, 3.05) is 6.54 Å². The van der Waals surface area contributed by atoms with Crippen molar-refractivity contribution in [2.24, 2.45) is 0 Å². The Bertz CT molecular complexity index is 1310. The highest BCUT2D eigenvalue weighted by atomic mass is 35.5. The molecular weight excluding hydrogens is 473 g/mol. The van der Waals surface area contributed by atoms with Crippen LogP contribution in [0.5, 0.6) is 0 Å². The van der Waals surface area contributed by atoms with E-state index in [2.05, 4.69) is 11.9 Å². The summed E-state index contributed by atoms with van der Waals surface area (Å²) in [5.41, 5.74) is 2.92. The Hall–Kier alpha value is -3.04.